The number of hydrogen-bond acceptors (Lipinski definition) is 5. The van der Waals surface area contributed by atoms with Gasteiger partial charge in [-0.15, -0.1) is 0 Å². The van der Waals surface area contributed by atoms with Gasteiger partial charge in [0.15, 0.2) is 0 Å². The Bertz CT molecular complexity index is 507. The van der Waals surface area contributed by atoms with E-state index in [9.17, 15) is 4.79 Å². The molecule has 2 heterocycles. The summed E-state index contributed by atoms with van der Waals surface area (Å²) >= 11 is 0. The van der Waals surface area contributed by atoms with Crippen LogP contribution in [0.5, 0.6) is 0 Å². The molecule has 6 nitrogen and oxygen atoms in total. The van der Waals surface area contributed by atoms with Gasteiger partial charge in [0.05, 0.1) is 12.2 Å². The van der Waals surface area contributed by atoms with E-state index in [0.29, 0.717) is 5.95 Å². The zero-order chi connectivity index (χ0) is 15.9. The fourth-order valence-corrected chi connectivity index (χ4v) is 2.81. The van der Waals surface area contributed by atoms with E-state index in [-0.39, 0.29) is 17.8 Å². The van der Waals surface area contributed by atoms with Crippen LogP contribution in [0.25, 0.3) is 0 Å². The van der Waals surface area contributed by atoms with Gasteiger partial charge in [0.2, 0.25) is 5.95 Å². The van der Waals surface area contributed by atoms with Crippen molar-refractivity contribution >= 4 is 11.8 Å². The predicted octanol–water partition coefficient (Wildman–Crippen LogP) is 2.38. The molecule has 2 atom stereocenters. The number of morpholine rings is 1. The predicted molar refractivity (Wildman–Crippen MR) is 89.7 cm³/mol. The van der Waals surface area contributed by atoms with Crippen molar-refractivity contribution in [1.82, 2.24) is 9.97 Å². The van der Waals surface area contributed by atoms with Crippen molar-refractivity contribution in [2.24, 2.45) is 0 Å². The molecule has 6 heteroatoms. The summed E-state index contributed by atoms with van der Waals surface area (Å²) in [5.41, 5.74) is -0.118. The second-order valence-corrected chi connectivity index (χ2v) is 6.10. The van der Waals surface area contributed by atoms with E-state index in [2.05, 4.69) is 27.1 Å². The van der Waals surface area contributed by atoms with E-state index in [4.69, 9.17) is 4.74 Å². The standard InChI is InChI=1S/C16H28N4O2/c1-4-5-6-7-8-17-16-18-14(9-15(21)19-16)20-10-12(2)22-13(3)11-20/h9,12-13H,4-8,10-11H2,1-3H3,(H2,17,18,19,21)/t12-,13+. The van der Waals surface area contributed by atoms with Crippen LogP contribution in [0.3, 0.4) is 0 Å². The number of nitrogens with one attached hydrogen (secondary N) is 2. The summed E-state index contributed by atoms with van der Waals surface area (Å²) in [5, 5.41) is 3.22. The Balaban J connectivity index is 1.98. The molecule has 0 aliphatic carbocycles. The van der Waals surface area contributed by atoms with Crippen molar-refractivity contribution in [3.8, 4) is 0 Å². The van der Waals surface area contributed by atoms with Gasteiger partial charge in [0, 0.05) is 25.7 Å². The Morgan fingerprint density at radius 2 is 2.05 bits per heavy atom. The molecule has 1 fully saturated rings. The molecule has 0 aromatic carbocycles. The normalized spacial score (nSPS) is 21.9. The third-order valence-corrected chi connectivity index (χ3v) is 3.79. The number of hydrogen-bond donors (Lipinski definition) is 2. The van der Waals surface area contributed by atoms with Crippen LogP contribution in [0.4, 0.5) is 11.8 Å². The van der Waals surface area contributed by atoms with E-state index in [1.54, 1.807) is 6.07 Å². The fraction of sp³-hybridized carbons (Fsp3) is 0.750. The molecule has 0 unspecified atom stereocenters. The first kappa shape index (κ1) is 16.8. The van der Waals surface area contributed by atoms with Crippen LogP contribution in [-0.2, 0) is 4.74 Å². The molecule has 1 aromatic rings. The first-order chi connectivity index (χ1) is 10.6. The number of ether oxygens (including phenoxy) is 1. The van der Waals surface area contributed by atoms with Crippen molar-refractivity contribution in [2.75, 3.05) is 29.9 Å². The molecule has 0 bridgehead atoms. The lowest BCUT2D eigenvalue weighted by atomic mass is 10.2. The summed E-state index contributed by atoms with van der Waals surface area (Å²) < 4.78 is 5.73. The Hall–Kier alpha value is -1.56. The van der Waals surface area contributed by atoms with Crippen LogP contribution >= 0.6 is 0 Å². The van der Waals surface area contributed by atoms with Crippen LogP contribution < -0.4 is 15.8 Å². The van der Waals surface area contributed by atoms with Gasteiger partial charge in [-0.3, -0.25) is 9.78 Å². The number of rotatable bonds is 7. The van der Waals surface area contributed by atoms with Gasteiger partial charge >= 0.3 is 0 Å². The second kappa shape index (κ2) is 8.17. The summed E-state index contributed by atoms with van der Waals surface area (Å²) in [6.45, 7) is 8.64. The van der Waals surface area contributed by atoms with Gasteiger partial charge in [-0.05, 0) is 20.3 Å². The smallest absolute Gasteiger partial charge is 0.254 e. The lowest BCUT2D eigenvalue weighted by Crippen LogP contribution is -2.46. The maximum absolute atomic E-state index is 11.9. The summed E-state index contributed by atoms with van der Waals surface area (Å²) in [6.07, 6.45) is 5.05. The van der Waals surface area contributed by atoms with Crippen LogP contribution in [0.2, 0.25) is 0 Å². The van der Waals surface area contributed by atoms with Crippen LogP contribution in [0, 0.1) is 0 Å². The lowest BCUT2D eigenvalue weighted by Gasteiger charge is -2.36. The Morgan fingerprint density at radius 1 is 1.32 bits per heavy atom. The largest absolute Gasteiger partial charge is 0.372 e. The van der Waals surface area contributed by atoms with E-state index in [1.807, 2.05) is 13.8 Å². The van der Waals surface area contributed by atoms with Crippen molar-refractivity contribution in [3.63, 3.8) is 0 Å². The maximum Gasteiger partial charge on any atom is 0.254 e. The molecule has 2 N–H and O–H groups in total. The van der Waals surface area contributed by atoms with Gasteiger partial charge in [-0.25, -0.2) is 0 Å². The van der Waals surface area contributed by atoms with E-state index in [0.717, 1.165) is 31.9 Å². The molecule has 0 spiro atoms. The molecule has 1 aliphatic heterocycles. The van der Waals surface area contributed by atoms with E-state index >= 15 is 0 Å². The summed E-state index contributed by atoms with van der Waals surface area (Å²) in [7, 11) is 0. The molecular formula is C16H28N4O2. The first-order valence-corrected chi connectivity index (χ1v) is 8.34. The number of nitrogens with zero attached hydrogens (tertiary/aromatic N) is 2. The van der Waals surface area contributed by atoms with Crippen LogP contribution in [0.1, 0.15) is 46.5 Å². The highest BCUT2D eigenvalue weighted by molar-refractivity contribution is 5.43. The molecule has 1 saturated heterocycles. The molecular weight excluding hydrogens is 280 g/mol. The van der Waals surface area contributed by atoms with Crippen molar-refractivity contribution in [1.29, 1.82) is 0 Å². The second-order valence-electron chi connectivity index (χ2n) is 6.10. The minimum atomic E-state index is -0.118. The van der Waals surface area contributed by atoms with Crippen molar-refractivity contribution in [3.05, 3.63) is 16.4 Å². The van der Waals surface area contributed by atoms with Crippen LogP contribution in [-0.4, -0.2) is 41.8 Å². The SMILES string of the molecule is CCCCCCNc1nc(N2C[C@@H](C)O[C@@H](C)C2)cc(=O)[nH]1. The average Bonchev–Trinajstić information content (AvgIpc) is 2.45. The summed E-state index contributed by atoms with van der Waals surface area (Å²) in [6, 6.07) is 1.56. The van der Waals surface area contributed by atoms with Crippen molar-refractivity contribution in [2.45, 2.75) is 58.7 Å². The highest BCUT2D eigenvalue weighted by atomic mass is 16.5. The molecule has 2 rings (SSSR count). The lowest BCUT2D eigenvalue weighted by molar-refractivity contribution is -0.00546. The monoisotopic (exact) mass is 308 g/mol. The highest BCUT2D eigenvalue weighted by Gasteiger charge is 2.23. The Kier molecular flexibility index (Phi) is 6.24. The number of aromatic amines is 1. The van der Waals surface area contributed by atoms with Crippen LogP contribution in [0.15, 0.2) is 10.9 Å². The van der Waals surface area contributed by atoms with Gasteiger partial charge in [-0.2, -0.15) is 4.98 Å². The van der Waals surface area contributed by atoms with Gasteiger partial charge < -0.3 is 15.0 Å². The zero-order valence-corrected chi connectivity index (χ0v) is 13.9. The number of aromatic nitrogens is 2. The van der Waals surface area contributed by atoms with Gasteiger partial charge in [0.25, 0.3) is 5.56 Å². The fourth-order valence-electron chi connectivity index (χ4n) is 2.81. The molecule has 124 valence electrons. The topological polar surface area (TPSA) is 70.2 Å². The highest BCUT2D eigenvalue weighted by Crippen LogP contribution is 2.17. The van der Waals surface area contributed by atoms with Crippen molar-refractivity contribution < 1.29 is 4.74 Å². The number of anilines is 2. The molecule has 1 aliphatic rings. The third-order valence-electron chi connectivity index (χ3n) is 3.79. The molecule has 0 radical (unpaired) electrons. The van der Waals surface area contributed by atoms with Gasteiger partial charge in [0.1, 0.15) is 5.82 Å². The molecule has 1 aromatic heterocycles. The Morgan fingerprint density at radius 3 is 2.73 bits per heavy atom. The average molecular weight is 308 g/mol. The molecule has 0 saturated carbocycles. The molecule has 22 heavy (non-hydrogen) atoms. The Labute approximate surface area is 132 Å². The summed E-state index contributed by atoms with van der Waals surface area (Å²) in [4.78, 5) is 21.3. The molecule has 0 amide bonds. The third kappa shape index (κ3) is 5.02. The quantitative estimate of drug-likeness (QED) is 0.757. The van der Waals surface area contributed by atoms with E-state index < -0.39 is 0 Å². The summed E-state index contributed by atoms with van der Waals surface area (Å²) in [5.74, 6) is 1.28. The zero-order valence-electron chi connectivity index (χ0n) is 13.9. The maximum atomic E-state index is 11.9. The van der Waals surface area contributed by atoms with Gasteiger partial charge in [-0.1, -0.05) is 26.2 Å². The number of H-pyrrole nitrogens is 1. The minimum Gasteiger partial charge on any atom is -0.372 e. The first-order valence-electron chi connectivity index (χ1n) is 8.34. The number of unbranched alkanes of at least 4 members (excludes halogenated alkanes) is 3. The van der Waals surface area contributed by atoms with E-state index in [1.165, 1.54) is 19.3 Å². The minimum absolute atomic E-state index is 0.118.